The van der Waals surface area contributed by atoms with Crippen molar-refractivity contribution in [1.82, 2.24) is 5.43 Å². The predicted molar refractivity (Wildman–Crippen MR) is 117 cm³/mol. The molecule has 0 aliphatic carbocycles. The van der Waals surface area contributed by atoms with Crippen molar-refractivity contribution in [2.45, 2.75) is 6.92 Å². The Morgan fingerprint density at radius 2 is 1.97 bits per heavy atom. The van der Waals surface area contributed by atoms with E-state index in [0.29, 0.717) is 22.6 Å². The monoisotopic (exact) mass is 430 g/mol. The molecule has 0 aliphatic rings. The molecule has 0 heterocycles. The highest BCUT2D eigenvalue weighted by Crippen LogP contribution is 2.28. The van der Waals surface area contributed by atoms with E-state index in [1.807, 2.05) is 13.0 Å². The van der Waals surface area contributed by atoms with Crippen molar-refractivity contribution in [3.8, 4) is 23.3 Å². The summed E-state index contributed by atoms with van der Waals surface area (Å²) in [6.45, 7) is 1.90. The number of nitro benzene ring substituents is 1. The maximum Gasteiger partial charge on any atom is 0.275 e. The van der Waals surface area contributed by atoms with Gasteiger partial charge in [-0.3, -0.25) is 14.9 Å². The molecule has 3 rings (SSSR count). The second kappa shape index (κ2) is 9.86. The third kappa shape index (κ3) is 5.25. The number of benzene rings is 3. The number of aryl methyl sites for hydroxylation is 1. The van der Waals surface area contributed by atoms with E-state index in [1.165, 1.54) is 25.5 Å². The predicted octanol–water partition coefficient (Wildman–Crippen LogP) is 4.34. The number of ether oxygens (including phenoxy) is 2. The number of amides is 1. The molecule has 0 saturated carbocycles. The van der Waals surface area contributed by atoms with Gasteiger partial charge in [-0.1, -0.05) is 18.2 Å². The van der Waals surface area contributed by atoms with Gasteiger partial charge in [0, 0.05) is 12.1 Å². The topological polar surface area (TPSA) is 127 Å². The van der Waals surface area contributed by atoms with E-state index in [2.05, 4.69) is 10.5 Å². The highest BCUT2D eigenvalue weighted by molar-refractivity contribution is 5.97. The third-order valence-electron chi connectivity index (χ3n) is 4.36. The van der Waals surface area contributed by atoms with Crippen LogP contribution in [0.25, 0.3) is 0 Å². The zero-order chi connectivity index (χ0) is 23.1. The molecule has 0 aliphatic heterocycles. The minimum absolute atomic E-state index is 0.0394. The number of rotatable bonds is 7. The molecule has 1 N–H and O–H groups in total. The molecule has 9 heteroatoms. The lowest BCUT2D eigenvalue weighted by atomic mass is 10.1. The Balaban J connectivity index is 1.72. The molecule has 0 spiro atoms. The van der Waals surface area contributed by atoms with E-state index in [9.17, 15) is 20.2 Å². The first-order chi connectivity index (χ1) is 15.4. The highest BCUT2D eigenvalue weighted by Gasteiger charge is 2.13. The molecule has 0 atom stereocenters. The number of carbonyl (C=O) groups is 1. The summed E-state index contributed by atoms with van der Waals surface area (Å²) in [7, 11) is 1.49. The Labute approximate surface area is 183 Å². The summed E-state index contributed by atoms with van der Waals surface area (Å²) in [4.78, 5) is 22.7. The fourth-order valence-electron chi connectivity index (χ4n) is 2.80. The zero-order valence-electron chi connectivity index (χ0n) is 17.2. The van der Waals surface area contributed by atoms with Crippen LogP contribution in [0.3, 0.4) is 0 Å². The van der Waals surface area contributed by atoms with Gasteiger partial charge in [-0.05, 0) is 48.4 Å². The second-order valence-corrected chi connectivity index (χ2v) is 6.63. The van der Waals surface area contributed by atoms with Gasteiger partial charge in [0.05, 0.1) is 23.8 Å². The van der Waals surface area contributed by atoms with Crippen LogP contribution in [-0.4, -0.2) is 24.2 Å². The first-order valence-electron chi connectivity index (χ1n) is 9.36. The fraction of sp³-hybridized carbons (Fsp3) is 0.0870. The zero-order valence-corrected chi connectivity index (χ0v) is 17.2. The molecule has 3 aromatic carbocycles. The molecule has 0 aromatic heterocycles. The molecule has 9 nitrogen and oxygen atoms in total. The highest BCUT2D eigenvalue weighted by atomic mass is 16.6. The smallest absolute Gasteiger partial charge is 0.275 e. The van der Waals surface area contributed by atoms with E-state index < -0.39 is 10.8 Å². The number of carbonyl (C=O) groups excluding carboxylic acids is 1. The summed E-state index contributed by atoms with van der Waals surface area (Å²) in [5.41, 5.74) is 4.23. The molecule has 0 radical (unpaired) electrons. The van der Waals surface area contributed by atoms with Crippen LogP contribution in [0.15, 0.2) is 65.8 Å². The maximum atomic E-state index is 12.4. The largest absolute Gasteiger partial charge is 0.496 e. The molecule has 1 amide bonds. The van der Waals surface area contributed by atoms with Gasteiger partial charge in [0.15, 0.2) is 0 Å². The van der Waals surface area contributed by atoms with Crippen LogP contribution in [0.1, 0.15) is 27.0 Å². The lowest BCUT2D eigenvalue weighted by molar-refractivity contribution is -0.384. The number of non-ortho nitro benzene ring substituents is 1. The summed E-state index contributed by atoms with van der Waals surface area (Å²) >= 11 is 0. The van der Waals surface area contributed by atoms with Crippen molar-refractivity contribution >= 4 is 17.8 Å². The first-order valence-corrected chi connectivity index (χ1v) is 9.36. The van der Waals surface area contributed by atoms with Gasteiger partial charge in [0.25, 0.3) is 11.6 Å². The van der Waals surface area contributed by atoms with Gasteiger partial charge in [-0.2, -0.15) is 10.4 Å². The van der Waals surface area contributed by atoms with Crippen molar-refractivity contribution in [1.29, 1.82) is 5.26 Å². The molecule has 0 fully saturated rings. The molecule has 32 heavy (non-hydrogen) atoms. The van der Waals surface area contributed by atoms with Gasteiger partial charge in [0.2, 0.25) is 0 Å². The maximum absolute atomic E-state index is 12.4. The normalized spacial score (nSPS) is 10.4. The second-order valence-electron chi connectivity index (χ2n) is 6.63. The number of hydrazone groups is 1. The quantitative estimate of drug-likeness (QED) is 0.337. The molecule has 0 unspecified atom stereocenters. The van der Waals surface area contributed by atoms with Crippen molar-refractivity contribution < 1.29 is 19.2 Å². The Morgan fingerprint density at radius 3 is 2.69 bits per heavy atom. The van der Waals surface area contributed by atoms with Crippen LogP contribution in [0.4, 0.5) is 5.69 Å². The van der Waals surface area contributed by atoms with E-state index >= 15 is 0 Å². The lowest BCUT2D eigenvalue weighted by Gasteiger charge is -2.08. The van der Waals surface area contributed by atoms with E-state index in [0.717, 1.165) is 11.6 Å². The van der Waals surface area contributed by atoms with Crippen molar-refractivity contribution in [2.75, 3.05) is 7.11 Å². The minimum Gasteiger partial charge on any atom is -0.496 e. The average Bonchev–Trinajstić information content (AvgIpc) is 2.79. The summed E-state index contributed by atoms with van der Waals surface area (Å²) in [5, 5.41) is 24.1. The number of nitriles is 1. The molecule has 0 bridgehead atoms. The Kier molecular flexibility index (Phi) is 6.78. The third-order valence-corrected chi connectivity index (χ3v) is 4.36. The van der Waals surface area contributed by atoms with Crippen LogP contribution >= 0.6 is 0 Å². The van der Waals surface area contributed by atoms with E-state index in [4.69, 9.17) is 9.47 Å². The number of methoxy groups -OCH3 is 1. The SMILES string of the molecule is COc1cc(C)ccc1C(=O)N/N=C\c1cccc(Oc2ccc([N+](=O)[O-])cc2C#N)c1. The average molecular weight is 430 g/mol. The van der Waals surface area contributed by atoms with Crippen molar-refractivity contribution in [3.63, 3.8) is 0 Å². The number of hydrogen-bond donors (Lipinski definition) is 1. The van der Waals surface area contributed by atoms with Gasteiger partial charge in [-0.15, -0.1) is 0 Å². The van der Waals surface area contributed by atoms with Gasteiger partial charge in [0.1, 0.15) is 28.9 Å². The van der Waals surface area contributed by atoms with Crippen LogP contribution in [-0.2, 0) is 0 Å². The molecular formula is C23H18N4O5. The summed E-state index contributed by atoms with van der Waals surface area (Å²) in [6, 6.07) is 17.6. The number of nitrogens with one attached hydrogen (secondary N) is 1. The van der Waals surface area contributed by atoms with Crippen molar-refractivity contribution in [3.05, 3.63) is 93.0 Å². The lowest BCUT2D eigenvalue weighted by Crippen LogP contribution is -2.18. The molecule has 160 valence electrons. The molecule has 0 saturated heterocycles. The Morgan fingerprint density at radius 1 is 1.16 bits per heavy atom. The Hall–Kier alpha value is -4.71. The summed E-state index contributed by atoms with van der Waals surface area (Å²) < 4.78 is 10.9. The van der Waals surface area contributed by atoms with Crippen LogP contribution in [0.5, 0.6) is 17.2 Å². The first kappa shape index (κ1) is 22.0. The number of hydrogen-bond acceptors (Lipinski definition) is 7. The van der Waals surface area contributed by atoms with Crippen LogP contribution in [0, 0.1) is 28.4 Å². The van der Waals surface area contributed by atoms with Crippen molar-refractivity contribution in [2.24, 2.45) is 5.10 Å². The molecular weight excluding hydrogens is 412 g/mol. The minimum atomic E-state index is -0.581. The number of nitrogens with zero attached hydrogens (tertiary/aromatic N) is 3. The summed E-state index contributed by atoms with van der Waals surface area (Å²) in [6.07, 6.45) is 1.44. The summed E-state index contributed by atoms with van der Waals surface area (Å²) in [5.74, 6) is 0.609. The van der Waals surface area contributed by atoms with E-state index in [-0.39, 0.29) is 17.0 Å². The number of nitro groups is 1. The van der Waals surface area contributed by atoms with Crippen LogP contribution < -0.4 is 14.9 Å². The fourth-order valence-corrected chi connectivity index (χ4v) is 2.80. The molecule has 3 aromatic rings. The van der Waals surface area contributed by atoms with Crippen LogP contribution in [0.2, 0.25) is 0 Å². The van der Waals surface area contributed by atoms with Gasteiger partial charge < -0.3 is 9.47 Å². The Bertz CT molecular complexity index is 1250. The standard InChI is InChI=1S/C23H18N4O5/c1-15-6-8-20(22(10-15)31-2)23(28)26-25-14-16-4-3-5-19(11-16)32-21-9-7-18(27(29)30)12-17(21)13-24/h3-12,14H,1-2H3,(H,26,28)/b25-14-. The van der Waals surface area contributed by atoms with Gasteiger partial charge >= 0.3 is 0 Å². The van der Waals surface area contributed by atoms with E-state index in [1.54, 1.807) is 42.5 Å². The van der Waals surface area contributed by atoms with Gasteiger partial charge in [-0.25, -0.2) is 5.43 Å².